The molecule has 7 heavy (non-hydrogen) atoms. The second-order valence-corrected chi connectivity index (χ2v) is 0. The molecule has 0 aliphatic heterocycles. The Balaban J connectivity index is 0. The van der Waals surface area contributed by atoms with E-state index in [0.29, 0.717) is 0 Å². The molecule has 3 nitrogen and oxygen atoms in total. The minimum atomic E-state index is 0. The zero-order valence-electron chi connectivity index (χ0n) is 3.13. The van der Waals surface area contributed by atoms with E-state index in [2.05, 4.69) is 0 Å². The first-order valence-electron chi connectivity index (χ1n) is 0. The molecule has 0 aliphatic rings. The summed E-state index contributed by atoms with van der Waals surface area (Å²) in [6, 6.07) is 0. The van der Waals surface area contributed by atoms with Gasteiger partial charge in [-0.1, -0.05) is 0 Å². The molecule has 0 heterocycles. The van der Waals surface area contributed by atoms with E-state index in [4.69, 9.17) is 0 Å². The van der Waals surface area contributed by atoms with Crippen LogP contribution in [0.4, 0.5) is 14.1 Å². The predicted molar refractivity (Wildman–Crippen MR) is 18.4 cm³/mol. The van der Waals surface area contributed by atoms with Gasteiger partial charge in [0.25, 0.3) is 0 Å². The van der Waals surface area contributed by atoms with Gasteiger partial charge in [0.2, 0.25) is 0 Å². The van der Waals surface area contributed by atoms with E-state index < -0.39 is 0 Å². The molecule has 0 unspecified atom stereocenters. The van der Waals surface area contributed by atoms with Crippen molar-refractivity contribution in [1.82, 2.24) is 0 Å². The van der Waals surface area contributed by atoms with E-state index in [9.17, 15) is 0 Å². The molecule has 6 N–H and O–H groups in total. The van der Waals surface area contributed by atoms with E-state index in [0.717, 1.165) is 0 Å². The molecule has 0 aromatic carbocycles. The third-order valence-corrected chi connectivity index (χ3v) is 0. The van der Waals surface area contributed by atoms with Gasteiger partial charge < -0.3 is 16.4 Å². The fraction of sp³-hybridized carbons (Fsp3) is 0. The van der Waals surface area contributed by atoms with E-state index in [1.54, 1.807) is 0 Å². The molecule has 0 aliphatic carbocycles. The van der Waals surface area contributed by atoms with Crippen LogP contribution in [0.2, 0.25) is 0 Å². The summed E-state index contributed by atoms with van der Waals surface area (Å²) in [5.41, 5.74) is 0. The molecule has 0 atom stereocenters. The fourth-order valence-electron chi connectivity index (χ4n) is 0. The van der Waals surface area contributed by atoms with Gasteiger partial charge >= 0.3 is 0 Å². The molecule has 0 fully saturated rings. The largest absolute Gasteiger partial charge is 0.412 e. The Kier molecular flexibility index (Phi) is 3950000. The summed E-state index contributed by atoms with van der Waals surface area (Å²) in [5.74, 6) is 0. The second kappa shape index (κ2) is 4100. The van der Waals surface area contributed by atoms with E-state index in [-0.39, 0.29) is 47.9 Å². The molecule has 0 radical (unpaired) electrons. The van der Waals surface area contributed by atoms with Crippen molar-refractivity contribution in [2.75, 3.05) is 0 Å². The normalized spacial score (nSPS) is 0. The van der Waals surface area contributed by atoms with Gasteiger partial charge in [0.1, 0.15) is 0 Å². The third-order valence-electron chi connectivity index (χ3n) is 0. The van der Waals surface area contributed by atoms with Crippen molar-refractivity contribution < 1.29 is 47.9 Å². The number of halogens is 3. The van der Waals surface area contributed by atoms with Gasteiger partial charge in [0.05, 0.1) is 0 Å². The number of hydrogen-bond donors (Lipinski definition) is 0. The minimum Gasteiger partial charge on any atom is -0.412 e. The van der Waals surface area contributed by atoms with Crippen molar-refractivity contribution in [3.05, 3.63) is 0 Å². The van der Waals surface area contributed by atoms with Crippen LogP contribution in [0.3, 0.4) is 0 Å². The first-order chi connectivity index (χ1) is 0. The van der Waals surface area contributed by atoms with Crippen LogP contribution in [-0.4, -0.2) is 16.4 Å². The van der Waals surface area contributed by atoms with Crippen LogP contribution in [0.15, 0.2) is 0 Å². The van der Waals surface area contributed by atoms with Gasteiger partial charge in [0, 0.05) is 17.4 Å². The Labute approximate surface area is 48.9 Å². The summed E-state index contributed by atoms with van der Waals surface area (Å²) in [6.45, 7) is 0. The zero-order chi connectivity index (χ0) is 0. The summed E-state index contributed by atoms with van der Waals surface area (Å²) >= 11 is 0. The fourth-order valence-corrected chi connectivity index (χ4v) is 0. The third kappa shape index (κ3) is 2670. The molecule has 0 saturated heterocycles. The van der Waals surface area contributed by atoms with Gasteiger partial charge in [-0.3, -0.25) is 14.1 Å². The second-order valence-electron chi connectivity index (χ2n) is 0. The Morgan fingerprint density at radius 3 is 0.429 bits per heavy atom. The summed E-state index contributed by atoms with van der Waals surface area (Å²) < 4.78 is 0. The van der Waals surface area contributed by atoms with E-state index in [1.165, 1.54) is 0 Å². The molecule has 0 rings (SSSR count). The molecule has 0 aromatic heterocycles. The summed E-state index contributed by atoms with van der Waals surface area (Å²) in [4.78, 5) is 0. The average molecular weight is 166 g/mol. The smallest absolute Gasteiger partial charge is 0 e. The van der Waals surface area contributed by atoms with Crippen LogP contribution in [-0.2, 0) is 17.4 Å². The number of rotatable bonds is 0. The Bertz CT molecular complexity index is 10.1. The quantitative estimate of drug-likeness (QED) is 0.397. The van der Waals surface area contributed by atoms with Crippen molar-refractivity contribution in [1.29, 1.82) is 0 Å². The Morgan fingerprint density at radius 1 is 0.429 bits per heavy atom. The maximum atomic E-state index is 0. The van der Waals surface area contributed by atoms with Crippen LogP contribution in [0.25, 0.3) is 0 Å². The molecule has 0 spiro atoms. The van der Waals surface area contributed by atoms with Crippen molar-refractivity contribution in [3.8, 4) is 0 Å². The zero-order valence-corrected chi connectivity index (χ0v) is 4.41. The van der Waals surface area contributed by atoms with Crippen LogP contribution in [0.5, 0.6) is 0 Å². The molecule has 0 amide bonds. The van der Waals surface area contributed by atoms with Crippen LogP contribution < -0.4 is 0 Å². The van der Waals surface area contributed by atoms with Crippen molar-refractivity contribution in [3.63, 3.8) is 0 Å². The standard InChI is InChI=1S/Cr.3FH.3H2O/h;3*1H;3*1H2. The van der Waals surface area contributed by atoms with Crippen molar-refractivity contribution >= 4 is 0 Å². The molecular weight excluding hydrogens is 157 g/mol. The van der Waals surface area contributed by atoms with E-state index in [1.807, 2.05) is 0 Å². The Morgan fingerprint density at radius 2 is 0.429 bits per heavy atom. The first-order valence-corrected chi connectivity index (χ1v) is 0. The number of hydrogen-bond acceptors (Lipinski definition) is 0. The van der Waals surface area contributed by atoms with Crippen LogP contribution in [0, 0.1) is 0 Å². The van der Waals surface area contributed by atoms with Gasteiger partial charge in [0.15, 0.2) is 0 Å². The predicted octanol–water partition coefficient (Wildman–Crippen LogP) is -2.02. The SMILES string of the molecule is F.F.F.O.O.O.[Cr]. The maximum absolute atomic E-state index is 0. The van der Waals surface area contributed by atoms with Crippen molar-refractivity contribution in [2.45, 2.75) is 0 Å². The summed E-state index contributed by atoms with van der Waals surface area (Å²) in [7, 11) is 0. The van der Waals surface area contributed by atoms with Crippen LogP contribution in [0.1, 0.15) is 0 Å². The molecule has 54 valence electrons. The minimum absolute atomic E-state index is 0. The first kappa shape index (κ1) is 6760. The van der Waals surface area contributed by atoms with Gasteiger partial charge in [-0.25, -0.2) is 0 Å². The monoisotopic (exact) mass is 166 g/mol. The molecule has 7 heteroatoms. The topological polar surface area (TPSA) is 94.5 Å². The van der Waals surface area contributed by atoms with E-state index >= 15 is 0 Å². The van der Waals surface area contributed by atoms with Gasteiger partial charge in [-0.15, -0.1) is 0 Å². The maximum Gasteiger partial charge on any atom is 0 e. The summed E-state index contributed by atoms with van der Waals surface area (Å²) in [6.07, 6.45) is 0. The van der Waals surface area contributed by atoms with Gasteiger partial charge in [-0.2, -0.15) is 0 Å². The van der Waals surface area contributed by atoms with Gasteiger partial charge in [-0.05, 0) is 0 Å². The molecule has 0 aromatic rings. The Hall–Kier alpha value is 0.202. The molecular formula is H9CrF3O3. The molecule has 0 bridgehead atoms. The molecule has 0 saturated carbocycles. The average Bonchev–Trinajstić information content (AvgIpc) is 0. The summed E-state index contributed by atoms with van der Waals surface area (Å²) in [5, 5.41) is 0. The van der Waals surface area contributed by atoms with Crippen LogP contribution >= 0.6 is 0 Å². The van der Waals surface area contributed by atoms with Crippen molar-refractivity contribution in [2.24, 2.45) is 0 Å².